The molecule has 3 nitrogen and oxygen atoms in total. The smallest absolute Gasteiger partial charge is 0.164 e. The summed E-state index contributed by atoms with van der Waals surface area (Å²) in [5.41, 5.74) is 3.80. The minimum atomic E-state index is 0.333. The van der Waals surface area contributed by atoms with Crippen LogP contribution in [0.3, 0.4) is 0 Å². The number of benzene rings is 1. The molecule has 0 bridgehead atoms. The third-order valence-corrected chi connectivity index (χ3v) is 4.66. The van der Waals surface area contributed by atoms with Crippen molar-refractivity contribution in [1.82, 2.24) is 14.5 Å². The number of halogens is 3. The fourth-order valence-corrected chi connectivity index (χ4v) is 3.02. The van der Waals surface area contributed by atoms with E-state index in [2.05, 4.69) is 48.8 Å². The van der Waals surface area contributed by atoms with E-state index in [-0.39, 0.29) is 0 Å². The Hall–Kier alpha value is -0.910. The van der Waals surface area contributed by atoms with E-state index in [1.807, 2.05) is 28.8 Å². The summed E-state index contributed by atoms with van der Waals surface area (Å²) < 4.78 is 3.96. The van der Waals surface area contributed by atoms with E-state index in [9.17, 15) is 0 Å². The Balaban J connectivity index is 2.37. The molecule has 0 saturated carbocycles. The third kappa shape index (κ3) is 2.28. The fraction of sp³-hybridized carbons (Fsp3) is 0.143. The summed E-state index contributed by atoms with van der Waals surface area (Å²) in [5, 5.41) is 0. The summed E-state index contributed by atoms with van der Waals surface area (Å²) in [6.07, 6.45) is 1.77. The maximum absolute atomic E-state index is 6.05. The van der Waals surface area contributed by atoms with Gasteiger partial charge in [-0.15, -0.1) is 11.6 Å². The molecule has 2 aromatic heterocycles. The maximum atomic E-state index is 6.05. The Kier molecular flexibility index (Phi) is 3.84. The first-order chi connectivity index (χ1) is 9.61. The first kappa shape index (κ1) is 14.0. The molecule has 0 atom stereocenters. The molecule has 1 aromatic carbocycles. The van der Waals surface area contributed by atoms with Crippen LogP contribution in [0.5, 0.6) is 0 Å². The molecule has 102 valence electrons. The summed E-state index contributed by atoms with van der Waals surface area (Å²) in [4.78, 5) is 9.04. The molecule has 0 N–H and O–H groups in total. The number of imidazole rings is 1. The topological polar surface area (TPSA) is 30.7 Å². The molecule has 3 rings (SSSR count). The van der Waals surface area contributed by atoms with Gasteiger partial charge in [0.05, 0.1) is 11.6 Å². The largest absolute Gasteiger partial charge is 0.279 e. The van der Waals surface area contributed by atoms with Crippen molar-refractivity contribution in [3.05, 3.63) is 50.8 Å². The average Bonchev–Trinajstić information content (AvgIpc) is 2.79. The second-order valence-electron chi connectivity index (χ2n) is 4.38. The van der Waals surface area contributed by atoms with Gasteiger partial charge in [-0.05, 0) is 46.6 Å². The Morgan fingerprint density at radius 2 is 2.10 bits per heavy atom. The van der Waals surface area contributed by atoms with Gasteiger partial charge in [0.2, 0.25) is 0 Å². The number of nitrogens with zero attached hydrogens (tertiary/aromatic N) is 3. The zero-order valence-electron chi connectivity index (χ0n) is 10.6. The first-order valence-electron chi connectivity index (χ1n) is 5.96. The van der Waals surface area contributed by atoms with Crippen LogP contribution in [0.4, 0.5) is 0 Å². The highest BCUT2D eigenvalue weighted by Crippen LogP contribution is 2.28. The van der Waals surface area contributed by atoms with Gasteiger partial charge in [-0.25, -0.2) is 9.97 Å². The predicted molar refractivity (Wildman–Crippen MR) is 88.6 cm³/mol. The summed E-state index contributed by atoms with van der Waals surface area (Å²) in [6.45, 7) is 2.06. The van der Waals surface area contributed by atoms with Crippen LogP contribution in [0.2, 0.25) is 0 Å². The summed E-state index contributed by atoms with van der Waals surface area (Å²) in [5.74, 6) is 1.12. The molecule has 0 saturated heterocycles. The van der Waals surface area contributed by atoms with Gasteiger partial charge in [0, 0.05) is 15.1 Å². The van der Waals surface area contributed by atoms with Gasteiger partial charge < -0.3 is 0 Å². The van der Waals surface area contributed by atoms with Crippen LogP contribution in [0.25, 0.3) is 16.9 Å². The van der Waals surface area contributed by atoms with Crippen molar-refractivity contribution < 1.29 is 0 Å². The van der Waals surface area contributed by atoms with E-state index < -0.39 is 0 Å². The normalized spacial score (nSPS) is 11.2. The van der Waals surface area contributed by atoms with E-state index in [1.165, 1.54) is 0 Å². The lowest BCUT2D eigenvalue weighted by atomic mass is 10.2. The zero-order chi connectivity index (χ0) is 14.3. The van der Waals surface area contributed by atoms with Crippen LogP contribution < -0.4 is 0 Å². The zero-order valence-corrected chi connectivity index (χ0v) is 14.5. The molecule has 0 aliphatic rings. The molecule has 2 heterocycles. The van der Waals surface area contributed by atoms with Crippen LogP contribution in [0, 0.1) is 6.92 Å². The molecule has 0 radical (unpaired) electrons. The second-order valence-corrected chi connectivity index (χ2v) is 6.41. The number of hydrogen-bond donors (Lipinski definition) is 0. The van der Waals surface area contributed by atoms with E-state index >= 15 is 0 Å². The minimum Gasteiger partial charge on any atom is -0.279 e. The number of rotatable bonds is 2. The molecule has 0 aliphatic carbocycles. The molecule has 0 aliphatic heterocycles. The number of aromatic nitrogens is 3. The minimum absolute atomic E-state index is 0.333. The highest BCUT2D eigenvalue weighted by Gasteiger charge is 2.15. The lowest BCUT2D eigenvalue weighted by Crippen LogP contribution is -2.02. The van der Waals surface area contributed by atoms with Crippen molar-refractivity contribution in [2.75, 3.05) is 0 Å². The number of fused-ring (bicyclic) bond motifs is 1. The monoisotopic (exact) mass is 413 g/mol. The van der Waals surface area contributed by atoms with Crippen LogP contribution in [0.1, 0.15) is 11.4 Å². The molecule has 0 spiro atoms. The van der Waals surface area contributed by atoms with Crippen LogP contribution in [-0.2, 0) is 5.88 Å². The SMILES string of the molecule is Cc1c(Br)cccc1-n1c(CCl)nc2cc(Br)cnc21. The number of hydrogen-bond acceptors (Lipinski definition) is 2. The van der Waals surface area contributed by atoms with Gasteiger partial charge in [-0.2, -0.15) is 0 Å². The van der Waals surface area contributed by atoms with Crippen molar-refractivity contribution >= 4 is 54.6 Å². The molecule has 0 amide bonds. The highest BCUT2D eigenvalue weighted by atomic mass is 79.9. The first-order valence-corrected chi connectivity index (χ1v) is 8.08. The fourth-order valence-electron chi connectivity index (χ4n) is 2.17. The lowest BCUT2D eigenvalue weighted by molar-refractivity contribution is 0.959. The maximum Gasteiger partial charge on any atom is 0.164 e. The van der Waals surface area contributed by atoms with Crippen molar-refractivity contribution in [3.63, 3.8) is 0 Å². The van der Waals surface area contributed by atoms with E-state index in [0.717, 1.165) is 37.2 Å². The molecule has 0 fully saturated rings. The standard InChI is InChI=1S/C14H10Br2ClN3/c1-8-10(16)3-2-4-12(8)20-13(6-17)19-11-5-9(15)7-18-14(11)20/h2-5,7H,6H2,1H3. The summed E-state index contributed by atoms with van der Waals surface area (Å²) in [6, 6.07) is 8.00. The van der Waals surface area contributed by atoms with E-state index in [1.54, 1.807) is 6.20 Å². The van der Waals surface area contributed by atoms with Gasteiger partial charge >= 0.3 is 0 Å². The number of pyridine rings is 1. The van der Waals surface area contributed by atoms with Crippen molar-refractivity contribution in [2.45, 2.75) is 12.8 Å². The molecular weight excluding hydrogens is 405 g/mol. The van der Waals surface area contributed by atoms with Crippen LogP contribution in [-0.4, -0.2) is 14.5 Å². The van der Waals surface area contributed by atoms with Crippen LogP contribution >= 0.6 is 43.5 Å². The number of alkyl halides is 1. The molecule has 3 aromatic rings. The average molecular weight is 416 g/mol. The molecular formula is C14H10Br2ClN3. The van der Waals surface area contributed by atoms with E-state index in [4.69, 9.17) is 11.6 Å². The lowest BCUT2D eigenvalue weighted by Gasteiger charge is -2.11. The van der Waals surface area contributed by atoms with Crippen molar-refractivity contribution in [3.8, 4) is 5.69 Å². The van der Waals surface area contributed by atoms with Gasteiger partial charge in [-0.3, -0.25) is 4.57 Å². The molecule has 0 unspecified atom stereocenters. The van der Waals surface area contributed by atoms with Gasteiger partial charge in [0.15, 0.2) is 5.65 Å². The van der Waals surface area contributed by atoms with E-state index in [0.29, 0.717) is 5.88 Å². The summed E-state index contributed by atoms with van der Waals surface area (Å²) >= 11 is 13.0. The Labute approximate surface area is 138 Å². The summed E-state index contributed by atoms with van der Waals surface area (Å²) in [7, 11) is 0. The van der Waals surface area contributed by atoms with Gasteiger partial charge in [-0.1, -0.05) is 22.0 Å². The molecule has 20 heavy (non-hydrogen) atoms. The Morgan fingerprint density at radius 1 is 1.30 bits per heavy atom. The van der Waals surface area contributed by atoms with Crippen LogP contribution in [0.15, 0.2) is 39.4 Å². The second kappa shape index (κ2) is 5.47. The van der Waals surface area contributed by atoms with Gasteiger partial charge in [0.1, 0.15) is 11.3 Å². The molecule has 6 heteroatoms. The highest BCUT2D eigenvalue weighted by molar-refractivity contribution is 9.10. The third-order valence-electron chi connectivity index (χ3n) is 3.13. The predicted octanol–water partition coefficient (Wildman–Crippen LogP) is 4.99. The Bertz CT molecular complexity index is 798. The van der Waals surface area contributed by atoms with Gasteiger partial charge in [0.25, 0.3) is 0 Å². The van der Waals surface area contributed by atoms with Crippen molar-refractivity contribution in [2.24, 2.45) is 0 Å². The quantitative estimate of drug-likeness (QED) is 0.552. The van der Waals surface area contributed by atoms with Crippen molar-refractivity contribution in [1.29, 1.82) is 0 Å². The Morgan fingerprint density at radius 3 is 2.85 bits per heavy atom.